The zero-order valence-corrected chi connectivity index (χ0v) is 16.2. The van der Waals surface area contributed by atoms with Gasteiger partial charge in [-0.3, -0.25) is 4.31 Å². The minimum absolute atomic E-state index is 0.531. The van der Waals surface area contributed by atoms with Gasteiger partial charge in [0, 0.05) is 17.5 Å². The van der Waals surface area contributed by atoms with Gasteiger partial charge < -0.3 is 9.80 Å². The van der Waals surface area contributed by atoms with Crippen LogP contribution in [0.25, 0.3) is 11.3 Å². The molecule has 1 aromatic heterocycles. The van der Waals surface area contributed by atoms with E-state index in [1.807, 2.05) is 12.1 Å². The highest BCUT2D eigenvalue weighted by molar-refractivity contribution is 7.92. The molecule has 2 aliphatic rings. The van der Waals surface area contributed by atoms with E-state index in [9.17, 15) is 8.42 Å². The van der Waals surface area contributed by atoms with E-state index in [1.165, 1.54) is 10.6 Å². The number of fused-ring (bicyclic) bond motifs is 1. The quantitative estimate of drug-likeness (QED) is 0.842. The number of nitrogens with one attached hydrogen (secondary N) is 1. The van der Waals surface area contributed by atoms with Crippen molar-refractivity contribution < 1.29 is 13.3 Å². The summed E-state index contributed by atoms with van der Waals surface area (Å²) in [7, 11) is -0.966. The summed E-state index contributed by atoms with van der Waals surface area (Å²) in [5.41, 5.74) is 3.94. The Morgan fingerprint density at radius 2 is 1.96 bits per heavy atom. The lowest BCUT2D eigenvalue weighted by Crippen LogP contribution is -3.12. The predicted octanol–water partition coefficient (Wildman–Crippen LogP) is 0.467. The third-order valence-electron chi connectivity index (χ3n) is 5.01. The number of sulfonamides is 1. The van der Waals surface area contributed by atoms with Gasteiger partial charge in [-0.25, -0.2) is 13.4 Å². The van der Waals surface area contributed by atoms with Crippen LogP contribution in [0.3, 0.4) is 0 Å². The lowest BCUT2D eigenvalue weighted by Gasteiger charge is -2.29. The standard InChI is InChI=1S/C17H22N4O2S2/c1-19-7-9-20(10-8-19)17-18-15(12-24-17)13-3-4-16-14(11-13)5-6-21(16)25(2,22)23/h3-4,11-12H,5-10H2,1-2H3/p+1. The molecule has 6 nitrogen and oxygen atoms in total. The molecule has 0 bridgehead atoms. The van der Waals surface area contributed by atoms with Gasteiger partial charge in [0.05, 0.1) is 50.9 Å². The molecule has 0 saturated carbocycles. The highest BCUT2D eigenvalue weighted by atomic mass is 32.2. The zero-order chi connectivity index (χ0) is 17.6. The average Bonchev–Trinajstić information content (AvgIpc) is 3.21. The van der Waals surface area contributed by atoms with Crippen LogP contribution in [0.1, 0.15) is 5.56 Å². The molecule has 1 aromatic carbocycles. The van der Waals surface area contributed by atoms with Crippen LogP contribution in [0.2, 0.25) is 0 Å². The van der Waals surface area contributed by atoms with E-state index in [0.29, 0.717) is 6.54 Å². The summed E-state index contributed by atoms with van der Waals surface area (Å²) in [6.45, 7) is 4.92. The molecule has 1 fully saturated rings. The van der Waals surface area contributed by atoms with Gasteiger partial charge in [-0.15, -0.1) is 11.3 Å². The number of benzene rings is 1. The van der Waals surface area contributed by atoms with Gasteiger partial charge in [0.1, 0.15) is 0 Å². The number of rotatable bonds is 3. The molecular weight excluding hydrogens is 356 g/mol. The summed E-state index contributed by atoms with van der Waals surface area (Å²) in [5, 5.41) is 3.19. The van der Waals surface area contributed by atoms with E-state index < -0.39 is 10.0 Å². The van der Waals surface area contributed by atoms with Crippen LogP contribution < -0.4 is 14.1 Å². The maximum absolute atomic E-state index is 11.9. The van der Waals surface area contributed by atoms with Crippen molar-refractivity contribution >= 4 is 32.2 Å². The smallest absolute Gasteiger partial charge is 0.232 e. The average molecular weight is 380 g/mol. The lowest BCUT2D eigenvalue weighted by molar-refractivity contribution is -0.880. The number of thiazole rings is 1. The Morgan fingerprint density at radius 3 is 2.68 bits per heavy atom. The maximum Gasteiger partial charge on any atom is 0.232 e. The summed E-state index contributed by atoms with van der Waals surface area (Å²) < 4.78 is 25.2. The number of aromatic nitrogens is 1. The van der Waals surface area contributed by atoms with Crippen LogP contribution in [0.5, 0.6) is 0 Å². The Hall–Kier alpha value is -1.64. The van der Waals surface area contributed by atoms with Crippen LogP contribution in [-0.2, 0) is 16.4 Å². The Balaban J connectivity index is 1.58. The van der Waals surface area contributed by atoms with Gasteiger partial charge in [-0.2, -0.15) is 0 Å². The molecule has 1 saturated heterocycles. The van der Waals surface area contributed by atoms with Crippen LogP contribution in [-0.4, -0.2) is 59.4 Å². The molecule has 0 atom stereocenters. The Bertz CT molecular complexity index is 886. The molecule has 8 heteroatoms. The Morgan fingerprint density at radius 1 is 1.20 bits per heavy atom. The molecule has 0 amide bonds. The zero-order valence-electron chi connectivity index (χ0n) is 14.5. The second-order valence-electron chi connectivity index (χ2n) is 6.89. The summed E-state index contributed by atoms with van der Waals surface area (Å²) >= 11 is 1.69. The highest BCUT2D eigenvalue weighted by Crippen LogP contribution is 2.35. The van der Waals surface area contributed by atoms with Gasteiger partial charge in [0.25, 0.3) is 0 Å². The fraction of sp³-hybridized carbons (Fsp3) is 0.471. The van der Waals surface area contributed by atoms with E-state index in [0.717, 1.165) is 60.2 Å². The number of anilines is 2. The predicted molar refractivity (Wildman–Crippen MR) is 102 cm³/mol. The first kappa shape index (κ1) is 16.8. The second kappa shape index (κ2) is 6.26. The first-order valence-electron chi connectivity index (χ1n) is 8.54. The molecule has 4 rings (SSSR count). The minimum atomic E-state index is -3.20. The third-order valence-corrected chi connectivity index (χ3v) is 7.09. The van der Waals surface area contributed by atoms with E-state index in [-0.39, 0.29) is 0 Å². The van der Waals surface area contributed by atoms with Crippen molar-refractivity contribution in [2.45, 2.75) is 6.42 Å². The van der Waals surface area contributed by atoms with Gasteiger partial charge >= 0.3 is 0 Å². The first-order chi connectivity index (χ1) is 11.9. The molecule has 2 aromatic rings. The summed E-state index contributed by atoms with van der Waals surface area (Å²) in [4.78, 5) is 8.76. The minimum Gasteiger partial charge on any atom is -0.337 e. The third kappa shape index (κ3) is 3.26. The number of hydrogen-bond acceptors (Lipinski definition) is 5. The number of piperazine rings is 1. The van der Waals surface area contributed by atoms with E-state index >= 15 is 0 Å². The van der Waals surface area contributed by atoms with E-state index in [4.69, 9.17) is 4.98 Å². The second-order valence-corrected chi connectivity index (χ2v) is 9.63. The molecule has 25 heavy (non-hydrogen) atoms. The van der Waals surface area contributed by atoms with Gasteiger partial charge in [-0.05, 0) is 24.1 Å². The van der Waals surface area contributed by atoms with Crippen molar-refractivity contribution in [1.29, 1.82) is 0 Å². The largest absolute Gasteiger partial charge is 0.337 e. The molecule has 134 valence electrons. The van der Waals surface area contributed by atoms with Gasteiger partial charge in [-0.1, -0.05) is 6.07 Å². The fourth-order valence-corrected chi connectivity index (χ4v) is 5.34. The summed E-state index contributed by atoms with van der Waals surface area (Å²) in [6, 6.07) is 5.99. The molecule has 2 aliphatic heterocycles. The van der Waals surface area contributed by atoms with E-state index in [1.54, 1.807) is 16.2 Å². The van der Waals surface area contributed by atoms with Crippen molar-refractivity contribution in [3.05, 3.63) is 29.1 Å². The maximum atomic E-state index is 11.9. The van der Waals surface area contributed by atoms with Gasteiger partial charge in [0.15, 0.2) is 5.13 Å². The number of nitrogens with zero attached hydrogens (tertiary/aromatic N) is 3. The van der Waals surface area contributed by atoms with Crippen molar-refractivity contribution in [3.63, 3.8) is 0 Å². The first-order valence-corrected chi connectivity index (χ1v) is 11.3. The Labute approximate surface area is 152 Å². The molecule has 0 unspecified atom stereocenters. The molecule has 0 aliphatic carbocycles. The van der Waals surface area contributed by atoms with Crippen molar-refractivity contribution in [1.82, 2.24) is 4.98 Å². The van der Waals surface area contributed by atoms with Crippen LogP contribution >= 0.6 is 11.3 Å². The SMILES string of the molecule is C[NH+]1CCN(c2nc(-c3ccc4c(c3)CCN4S(C)(=O)=O)cs2)CC1. The summed E-state index contributed by atoms with van der Waals surface area (Å²) in [6.07, 6.45) is 2.02. The molecule has 1 N–H and O–H groups in total. The van der Waals surface area contributed by atoms with Crippen molar-refractivity contribution in [2.75, 3.05) is 55.2 Å². The normalized spacial score (nSPS) is 18.6. The molecular formula is C17H23N4O2S2+. The topological polar surface area (TPSA) is 58.0 Å². The highest BCUT2D eigenvalue weighted by Gasteiger charge is 2.26. The monoisotopic (exact) mass is 379 g/mol. The van der Waals surface area contributed by atoms with E-state index in [2.05, 4.69) is 23.4 Å². The summed E-state index contributed by atoms with van der Waals surface area (Å²) in [5.74, 6) is 0. The number of likely N-dealkylation sites (N-methyl/N-ethyl adjacent to an activating group) is 1. The molecule has 0 radical (unpaired) electrons. The van der Waals surface area contributed by atoms with Gasteiger partial charge in [0.2, 0.25) is 10.0 Å². The van der Waals surface area contributed by atoms with Crippen LogP contribution in [0, 0.1) is 0 Å². The Kier molecular flexibility index (Phi) is 4.21. The van der Waals surface area contributed by atoms with Crippen molar-refractivity contribution in [3.8, 4) is 11.3 Å². The van der Waals surface area contributed by atoms with Crippen LogP contribution in [0.4, 0.5) is 10.8 Å². The number of quaternary nitrogens is 1. The molecule has 0 spiro atoms. The number of hydrogen-bond donors (Lipinski definition) is 1. The van der Waals surface area contributed by atoms with Crippen LogP contribution in [0.15, 0.2) is 23.6 Å². The molecule has 3 heterocycles. The lowest BCUT2D eigenvalue weighted by atomic mass is 10.1. The van der Waals surface area contributed by atoms with Crippen molar-refractivity contribution in [2.24, 2.45) is 0 Å². The fourth-order valence-electron chi connectivity index (χ4n) is 3.50.